The molecule has 0 radical (unpaired) electrons. The summed E-state index contributed by atoms with van der Waals surface area (Å²) in [5, 5.41) is 10.3. The van der Waals surface area contributed by atoms with E-state index in [4.69, 9.17) is 4.74 Å². The number of para-hydroxylation sites is 1. The van der Waals surface area contributed by atoms with Crippen LogP contribution in [0.4, 0.5) is 5.69 Å². The number of aromatic hydroxyl groups is 1. The second-order valence-corrected chi connectivity index (χ2v) is 5.70. The maximum absolute atomic E-state index is 12.5. The number of hydrogen-bond acceptors (Lipinski definition) is 6. The lowest BCUT2D eigenvalue weighted by Gasteiger charge is -2.09. The van der Waals surface area contributed by atoms with Gasteiger partial charge in [0.25, 0.3) is 5.56 Å². The average molecular weight is 355 g/mol. The first kappa shape index (κ1) is 17.4. The van der Waals surface area contributed by atoms with E-state index in [-0.39, 0.29) is 17.9 Å². The summed E-state index contributed by atoms with van der Waals surface area (Å²) in [5.74, 6) is -1.12. The van der Waals surface area contributed by atoms with Crippen molar-refractivity contribution in [3.05, 3.63) is 56.2 Å². The van der Waals surface area contributed by atoms with Gasteiger partial charge < -0.3 is 9.84 Å². The van der Waals surface area contributed by atoms with Crippen LogP contribution in [0.1, 0.15) is 18.1 Å². The van der Waals surface area contributed by atoms with E-state index in [2.05, 4.69) is 4.99 Å². The molecule has 0 spiro atoms. The number of ether oxygens (including phenoxy) is 1. The Kier molecular flexibility index (Phi) is 4.33. The van der Waals surface area contributed by atoms with Gasteiger partial charge in [-0.05, 0) is 19.1 Å². The van der Waals surface area contributed by atoms with Gasteiger partial charge in [0.1, 0.15) is 5.56 Å². The quantitative estimate of drug-likeness (QED) is 0.827. The van der Waals surface area contributed by atoms with Gasteiger partial charge in [-0.2, -0.15) is 0 Å². The summed E-state index contributed by atoms with van der Waals surface area (Å²) in [5.41, 5.74) is 0.145. The van der Waals surface area contributed by atoms with Crippen LogP contribution >= 0.6 is 0 Å². The van der Waals surface area contributed by atoms with Crippen LogP contribution in [0.5, 0.6) is 5.88 Å². The first-order valence-corrected chi connectivity index (χ1v) is 7.93. The van der Waals surface area contributed by atoms with Crippen LogP contribution in [0.25, 0.3) is 11.6 Å². The van der Waals surface area contributed by atoms with Crippen molar-refractivity contribution in [2.75, 3.05) is 6.61 Å². The summed E-state index contributed by atoms with van der Waals surface area (Å²) in [6.45, 7) is 1.85. The van der Waals surface area contributed by atoms with Crippen molar-refractivity contribution >= 4 is 29.0 Å². The summed E-state index contributed by atoms with van der Waals surface area (Å²) in [4.78, 5) is 40.9. The Hall–Kier alpha value is -3.42. The molecule has 1 aromatic heterocycles. The van der Waals surface area contributed by atoms with E-state index in [9.17, 15) is 19.5 Å². The standard InChI is InChI=1S/C18H17N3O5/c1-4-26-17(24)14-11(10-7-5-6-8-13(10)19-14)9-12-15(22)20(2)18(25)21(3)16(12)23/h5-9,22H,4H2,1-3H3/b11-9-. The largest absolute Gasteiger partial charge is 0.494 e. The summed E-state index contributed by atoms with van der Waals surface area (Å²) in [6.07, 6.45) is 1.36. The molecule has 0 bridgehead atoms. The Balaban J connectivity index is 2.28. The van der Waals surface area contributed by atoms with Gasteiger partial charge in [0.15, 0.2) is 5.71 Å². The zero-order valence-corrected chi connectivity index (χ0v) is 14.5. The minimum absolute atomic E-state index is 0.0448. The fraction of sp³-hybridized carbons (Fsp3) is 0.222. The van der Waals surface area contributed by atoms with Gasteiger partial charge in [-0.1, -0.05) is 18.2 Å². The Morgan fingerprint density at radius 3 is 2.62 bits per heavy atom. The molecule has 2 aromatic rings. The van der Waals surface area contributed by atoms with E-state index in [0.29, 0.717) is 16.8 Å². The van der Waals surface area contributed by atoms with E-state index < -0.39 is 23.1 Å². The number of hydrogen-bond donors (Lipinski definition) is 1. The summed E-state index contributed by atoms with van der Waals surface area (Å²) >= 11 is 0. The maximum Gasteiger partial charge on any atom is 0.357 e. The number of carbonyl (C=O) groups excluding carboxylic acids is 1. The van der Waals surface area contributed by atoms with E-state index in [1.54, 1.807) is 31.2 Å². The number of benzene rings is 1. The molecule has 3 rings (SSSR count). The molecule has 1 aliphatic heterocycles. The number of fused-ring (bicyclic) bond motifs is 1. The normalized spacial score (nSPS) is 14.3. The van der Waals surface area contributed by atoms with Gasteiger partial charge in [-0.25, -0.2) is 14.6 Å². The first-order chi connectivity index (χ1) is 12.4. The molecule has 0 fully saturated rings. The molecule has 0 aliphatic carbocycles. The molecule has 26 heavy (non-hydrogen) atoms. The highest BCUT2D eigenvalue weighted by atomic mass is 16.5. The predicted octanol–water partition coefficient (Wildman–Crippen LogP) is 0.979. The van der Waals surface area contributed by atoms with E-state index in [1.807, 2.05) is 0 Å². The monoisotopic (exact) mass is 355 g/mol. The van der Waals surface area contributed by atoms with Crippen LogP contribution in [-0.4, -0.2) is 32.5 Å². The van der Waals surface area contributed by atoms with Crippen LogP contribution in [-0.2, 0) is 23.6 Å². The van der Waals surface area contributed by atoms with Crippen molar-refractivity contribution in [2.45, 2.75) is 6.92 Å². The van der Waals surface area contributed by atoms with Crippen molar-refractivity contribution in [1.29, 1.82) is 0 Å². The molecule has 0 unspecified atom stereocenters. The van der Waals surface area contributed by atoms with E-state index in [0.717, 1.165) is 9.13 Å². The van der Waals surface area contributed by atoms with Crippen LogP contribution in [0.15, 0.2) is 38.8 Å². The average Bonchev–Trinajstić information content (AvgIpc) is 3.01. The molecule has 134 valence electrons. The fourth-order valence-corrected chi connectivity index (χ4v) is 2.74. The first-order valence-electron chi connectivity index (χ1n) is 7.93. The third-order valence-electron chi connectivity index (χ3n) is 4.11. The molecule has 1 aromatic carbocycles. The third kappa shape index (κ3) is 2.65. The Labute approximate surface area is 148 Å². The van der Waals surface area contributed by atoms with Crippen LogP contribution < -0.4 is 11.2 Å². The maximum atomic E-state index is 12.5. The highest BCUT2D eigenvalue weighted by Crippen LogP contribution is 2.36. The van der Waals surface area contributed by atoms with E-state index >= 15 is 0 Å². The number of carbonyl (C=O) groups is 1. The molecule has 0 saturated carbocycles. The molecule has 8 nitrogen and oxygen atoms in total. The molecule has 2 heterocycles. The zero-order chi connectivity index (χ0) is 19.0. The Bertz CT molecular complexity index is 1090. The molecule has 1 aliphatic rings. The van der Waals surface area contributed by atoms with E-state index in [1.165, 1.54) is 20.2 Å². The fourth-order valence-electron chi connectivity index (χ4n) is 2.74. The van der Waals surface area contributed by atoms with Gasteiger partial charge in [0.05, 0.1) is 12.3 Å². The highest BCUT2D eigenvalue weighted by Gasteiger charge is 2.28. The van der Waals surface area contributed by atoms with Gasteiger partial charge in [-0.3, -0.25) is 13.9 Å². The smallest absolute Gasteiger partial charge is 0.357 e. The molecule has 0 amide bonds. The van der Waals surface area contributed by atoms with Crippen molar-refractivity contribution in [2.24, 2.45) is 19.1 Å². The zero-order valence-electron chi connectivity index (χ0n) is 14.5. The van der Waals surface area contributed by atoms with Crippen molar-refractivity contribution in [1.82, 2.24) is 9.13 Å². The topological polar surface area (TPSA) is 103 Å². The lowest BCUT2D eigenvalue weighted by atomic mass is 10.0. The van der Waals surface area contributed by atoms with Crippen LogP contribution in [0, 0.1) is 0 Å². The van der Waals surface area contributed by atoms with Gasteiger partial charge >= 0.3 is 11.7 Å². The molecular weight excluding hydrogens is 338 g/mol. The minimum Gasteiger partial charge on any atom is -0.494 e. The molecule has 0 saturated heterocycles. The van der Waals surface area contributed by atoms with Crippen LogP contribution in [0.3, 0.4) is 0 Å². The summed E-state index contributed by atoms with van der Waals surface area (Å²) in [7, 11) is 2.66. The molecular formula is C18H17N3O5. The second-order valence-electron chi connectivity index (χ2n) is 5.70. The van der Waals surface area contributed by atoms with Gasteiger partial charge in [0, 0.05) is 25.2 Å². The lowest BCUT2D eigenvalue weighted by Crippen LogP contribution is -2.38. The Morgan fingerprint density at radius 1 is 1.23 bits per heavy atom. The molecule has 1 N–H and O–H groups in total. The number of aromatic nitrogens is 2. The number of aliphatic imine (C=N–C) groups is 1. The lowest BCUT2D eigenvalue weighted by molar-refractivity contribution is -0.134. The van der Waals surface area contributed by atoms with Crippen molar-refractivity contribution in [3.8, 4) is 5.88 Å². The van der Waals surface area contributed by atoms with Crippen LogP contribution in [0.2, 0.25) is 0 Å². The number of esters is 1. The molecule has 0 atom stereocenters. The predicted molar refractivity (Wildman–Crippen MR) is 96.6 cm³/mol. The van der Waals surface area contributed by atoms with Crippen molar-refractivity contribution in [3.63, 3.8) is 0 Å². The highest BCUT2D eigenvalue weighted by molar-refractivity contribution is 6.58. The minimum atomic E-state index is -0.675. The molecule has 8 heteroatoms. The van der Waals surface area contributed by atoms with Gasteiger partial charge in [0.2, 0.25) is 5.88 Å². The van der Waals surface area contributed by atoms with Crippen molar-refractivity contribution < 1.29 is 14.6 Å². The van der Waals surface area contributed by atoms with Gasteiger partial charge in [-0.15, -0.1) is 0 Å². The SMILES string of the molecule is CCOC(=O)C1=Nc2ccccc2/C1=C/c1c(O)n(C)c(=O)n(C)c1=O. The number of rotatable bonds is 3. The summed E-state index contributed by atoms with van der Waals surface area (Å²) in [6, 6.07) is 7.03. The second kappa shape index (κ2) is 6.47. The third-order valence-corrected chi connectivity index (χ3v) is 4.11. The number of nitrogens with zero attached hydrogens (tertiary/aromatic N) is 3. The Morgan fingerprint density at radius 2 is 1.92 bits per heavy atom. The summed E-state index contributed by atoms with van der Waals surface area (Å²) < 4.78 is 6.88.